The molecule has 0 saturated heterocycles. The molecule has 2 N–H and O–H groups in total. The molecular formula is C21H25N5. The largest absolute Gasteiger partial charge is 0.325 e. The van der Waals surface area contributed by atoms with Gasteiger partial charge in [-0.15, -0.1) is 0 Å². The molecule has 26 heavy (non-hydrogen) atoms. The lowest BCUT2D eigenvalue weighted by atomic mass is 10.1. The summed E-state index contributed by atoms with van der Waals surface area (Å²) in [4.78, 5) is 15.9. The molecule has 0 aliphatic carbocycles. The maximum atomic E-state index is 5.87. The molecule has 0 unspecified atom stereocenters. The molecule has 0 fully saturated rings. The van der Waals surface area contributed by atoms with Gasteiger partial charge in [-0.1, -0.05) is 18.2 Å². The van der Waals surface area contributed by atoms with Crippen LogP contribution in [0.2, 0.25) is 0 Å². The number of hydrogen-bond acceptors (Lipinski definition) is 5. The fourth-order valence-electron chi connectivity index (χ4n) is 3.00. The first-order chi connectivity index (χ1) is 12.7. The monoisotopic (exact) mass is 347 g/mol. The lowest BCUT2D eigenvalue weighted by Crippen LogP contribution is -2.25. The Morgan fingerprint density at radius 3 is 1.73 bits per heavy atom. The summed E-state index contributed by atoms with van der Waals surface area (Å²) in [5.74, 6) is 0. The van der Waals surface area contributed by atoms with E-state index in [-0.39, 0.29) is 0 Å². The van der Waals surface area contributed by atoms with E-state index in [9.17, 15) is 0 Å². The molecule has 0 aliphatic rings. The zero-order chi connectivity index (χ0) is 18.4. The quantitative estimate of drug-likeness (QED) is 0.711. The minimum Gasteiger partial charge on any atom is -0.325 e. The van der Waals surface area contributed by atoms with Gasteiger partial charge in [0.15, 0.2) is 0 Å². The van der Waals surface area contributed by atoms with Crippen molar-refractivity contribution in [2.24, 2.45) is 5.73 Å². The third-order valence-electron chi connectivity index (χ3n) is 4.55. The van der Waals surface area contributed by atoms with E-state index in [1.54, 1.807) is 6.20 Å². The summed E-state index contributed by atoms with van der Waals surface area (Å²) in [5, 5.41) is 0. The van der Waals surface area contributed by atoms with Crippen LogP contribution < -0.4 is 5.73 Å². The van der Waals surface area contributed by atoms with Crippen LogP contribution in [0.25, 0.3) is 0 Å². The predicted octanol–water partition coefficient (Wildman–Crippen LogP) is 3.15. The minimum absolute atomic E-state index is 0.440. The molecule has 134 valence electrons. The van der Waals surface area contributed by atoms with Crippen molar-refractivity contribution in [3.8, 4) is 0 Å². The summed E-state index contributed by atoms with van der Waals surface area (Å²) in [5.41, 5.74) is 12.5. The predicted molar refractivity (Wildman–Crippen MR) is 103 cm³/mol. The van der Waals surface area contributed by atoms with E-state index in [1.807, 2.05) is 30.6 Å². The first-order valence-corrected chi connectivity index (χ1v) is 8.83. The Labute approximate surface area is 154 Å². The Morgan fingerprint density at radius 1 is 0.731 bits per heavy atom. The highest BCUT2D eigenvalue weighted by molar-refractivity contribution is 5.22. The van der Waals surface area contributed by atoms with Gasteiger partial charge in [-0.3, -0.25) is 19.9 Å². The van der Waals surface area contributed by atoms with Crippen molar-refractivity contribution >= 4 is 0 Å². The number of pyridine rings is 3. The van der Waals surface area contributed by atoms with Gasteiger partial charge in [-0.05, 0) is 48.7 Å². The number of aryl methyl sites for hydroxylation is 2. The van der Waals surface area contributed by atoms with E-state index in [0.717, 1.165) is 42.3 Å². The minimum atomic E-state index is 0.440. The van der Waals surface area contributed by atoms with Crippen LogP contribution in [-0.4, -0.2) is 19.9 Å². The average molecular weight is 347 g/mol. The maximum absolute atomic E-state index is 5.87. The zero-order valence-corrected chi connectivity index (χ0v) is 15.4. The molecule has 3 aromatic heterocycles. The molecule has 0 atom stereocenters. The summed E-state index contributed by atoms with van der Waals surface area (Å²) in [6.07, 6.45) is 5.49. The van der Waals surface area contributed by atoms with Crippen LogP contribution in [0, 0.1) is 13.8 Å². The molecule has 0 radical (unpaired) electrons. The molecule has 0 aliphatic heterocycles. The van der Waals surface area contributed by atoms with Gasteiger partial charge in [0.05, 0.1) is 17.1 Å². The molecule has 0 aromatic carbocycles. The normalized spacial score (nSPS) is 11.1. The van der Waals surface area contributed by atoms with Crippen LogP contribution in [0.4, 0.5) is 0 Å². The van der Waals surface area contributed by atoms with Crippen molar-refractivity contribution < 1.29 is 0 Å². The summed E-state index contributed by atoms with van der Waals surface area (Å²) >= 11 is 0. The lowest BCUT2D eigenvalue weighted by molar-refractivity contribution is 0.239. The van der Waals surface area contributed by atoms with E-state index in [4.69, 9.17) is 5.73 Å². The van der Waals surface area contributed by atoms with E-state index in [2.05, 4.69) is 51.9 Å². The lowest BCUT2D eigenvalue weighted by Gasteiger charge is -2.24. The Hall–Kier alpha value is -2.63. The Balaban J connectivity index is 1.88. The van der Waals surface area contributed by atoms with Crippen LogP contribution in [0.15, 0.2) is 55.0 Å². The first-order valence-electron chi connectivity index (χ1n) is 8.83. The fraction of sp³-hybridized carbons (Fsp3) is 0.286. The number of nitrogens with zero attached hydrogens (tertiary/aromatic N) is 4. The van der Waals surface area contributed by atoms with E-state index in [0.29, 0.717) is 6.54 Å². The van der Waals surface area contributed by atoms with Crippen molar-refractivity contribution in [3.05, 3.63) is 88.8 Å². The van der Waals surface area contributed by atoms with Crippen LogP contribution in [0.3, 0.4) is 0 Å². The Kier molecular flexibility index (Phi) is 6.04. The second-order valence-corrected chi connectivity index (χ2v) is 6.49. The van der Waals surface area contributed by atoms with Crippen LogP contribution >= 0.6 is 0 Å². The van der Waals surface area contributed by atoms with Crippen molar-refractivity contribution in [1.29, 1.82) is 0 Å². The van der Waals surface area contributed by atoms with Gasteiger partial charge in [0.1, 0.15) is 0 Å². The van der Waals surface area contributed by atoms with Crippen LogP contribution in [0.1, 0.15) is 33.8 Å². The zero-order valence-electron chi connectivity index (χ0n) is 15.4. The first kappa shape index (κ1) is 18.2. The van der Waals surface area contributed by atoms with Crippen LogP contribution in [-0.2, 0) is 26.2 Å². The number of aromatic nitrogens is 3. The summed E-state index contributed by atoms with van der Waals surface area (Å²) in [6, 6.07) is 12.2. The summed E-state index contributed by atoms with van der Waals surface area (Å²) < 4.78 is 0. The Bertz CT molecular complexity index is 815. The highest BCUT2D eigenvalue weighted by Crippen LogP contribution is 2.17. The molecule has 0 amide bonds. The van der Waals surface area contributed by atoms with Gasteiger partial charge in [-0.2, -0.15) is 0 Å². The van der Waals surface area contributed by atoms with Crippen molar-refractivity contribution in [3.63, 3.8) is 0 Å². The molecule has 0 saturated carbocycles. The average Bonchev–Trinajstić information content (AvgIpc) is 2.66. The SMILES string of the molecule is Cc1cccnc1CN(Cc1cccnc1CN)Cc1ncccc1C. The standard InChI is InChI=1S/C21H25N5/c1-16-6-3-9-24-20(16)14-26(15-21-17(2)7-4-10-25-21)13-18-8-5-11-23-19(18)12-22/h3-11H,12-15,22H2,1-2H3. The number of rotatable bonds is 7. The van der Waals surface area contributed by atoms with Gasteiger partial charge in [0.25, 0.3) is 0 Å². The van der Waals surface area contributed by atoms with E-state index >= 15 is 0 Å². The van der Waals surface area contributed by atoms with Gasteiger partial charge >= 0.3 is 0 Å². The summed E-state index contributed by atoms with van der Waals surface area (Å²) in [7, 11) is 0. The van der Waals surface area contributed by atoms with Crippen molar-refractivity contribution in [2.75, 3.05) is 0 Å². The topological polar surface area (TPSA) is 67.9 Å². The van der Waals surface area contributed by atoms with Gasteiger partial charge in [0, 0.05) is 44.8 Å². The molecule has 0 spiro atoms. The highest BCUT2D eigenvalue weighted by atomic mass is 15.1. The Morgan fingerprint density at radius 2 is 1.23 bits per heavy atom. The molecular weight excluding hydrogens is 322 g/mol. The van der Waals surface area contributed by atoms with Crippen molar-refractivity contribution in [1.82, 2.24) is 19.9 Å². The number of nitrogens with two attached hydrogens (primary N) is 1. The smallest absolute Gasteiger partial charge is 0.0584 e. The maximum Gasteiger partial charge on any atom is 0.0584 e. The number of hydrogen-bond donors (Lipinski definition) is 1. The second-order valence-electron chi connectivity index (χ2n) is 6.49. The van der Waals surface area contributed by atoms with E-state index in [1.165, 1.54) is 11.1 Å². The molecule has 5 heteroatoms. The van der Waals surface area contributed by atoms with Gasteiger partial charge in [-0.25, -0.2) is 0 Å². The van der Waals surface area contributed by atoms with Gasteiger partial charge < -0.3 is 5.73 Å². The molecule has 0 bridgehead atoms. The summed E-state index contributed by atoms with van der Waals surface area (Å²) in [6.45, 7) is 6.90. The van der Waals surface area contributed by atoms with Crippen molar-refractivity contribution in [2.45, 2.75) is 40.0 Å². The third kappa shape index (κ3) is 4.50. The molecule has 3 heterocycles. The molecule has 5 nitrogen and oxygen atoms in total. The van der Waals surface area contributed by atoms with E-state index < -0.39 is 0 Å². The van der Waals surface area contributed by atoms with Crippen LogP contribution in [0.5, 0.6) is 0 Å². The fourth-order valence-corrected chi connectivity index (χ4v) is 3.00. The molecule has 3 aromatic rings. The molecule has 3 rings (SSSR count). The van der Waals surface area contributed by atoms with Gasteiger partial charge in [0.2, 0.25) is 0 Å². The third-order valence-corrected chi connectivity index (χ3v) is 4.55. The highest BCUT2D eigenvalue weighted by Gasteiger charge is 2.14. The second kappa shape index (κ2) is 8.65.